The van der Waals surface area contributed by atoms with Crippen molar-refractivity contribution < 1.29 is 9.90 Å². The first-order chi connectivity index (χ1) is 14.1. The summed E-state index contributed by atoms with van der Waals surface area (Å²) >= 11 is 1.80. The highest BCUT2D eigenvalue weighted by Crippen LogP contribution is 2.39. The molecule has 1 aromatic heterocycles. The van der Waals surface area contributed by atoms with Crippen molar-refractivity contribution in [2.45, 2.75) is 57.5 Å². The fourth-order valence-corrected chi connectivity index (χ4v) is 5.23. The maximum absolute atomic E-state index is 12.4. The van der Waals surface area contributed by atoms with Gasteiger partial charge in [-0.3, -0.25) is 4.79 Å². The zero-order chi connectivity index (χ0) is 20.2. The topological polar surface area (TPSA) is 77.5 Å². The van der Waals surface area contributed by atoms with Crippen molar-refractivity contribution in [1.29, 1.82) is 0 Å². The second-order valence-corrected chi connectivity index (χ2v) is 9.12. The highest BCUT2D eigenvalue weighted by molar-refractivity contribution is 7.15. The van der Waals surface area contributed by atoms with Crippen molar-refractivity contribution in [2.75, 3.05) is 25.1 Å². The summed E-state index contributed by atoms with van der Waals surface area (Å²) in [5.41, 5.74) is 9.53. The zero-order valence-electron chi connectivity index (χ0n) is 17.0. The summed E-state index contributed by atoms with van der Waals surface area (Å²) in [6, 6.07) is 6.16. The Morgan fingerprint density at radius 2 is 2.07 bits per heavy atom. The van der Waals surface area contributed by atoms with Crippen LogP contribution in [0.5, 0.6) is 0 Å². The van der Waals surface area contributed by atoms with Gasteiger partial charge in [-0.2, -0.15) is 0 Å². The number of anilines is 1. The van der Waals surface area contributed by atoms with Crippen molar-refractivity contribution in [2.24, 2.45) is 0 Å². The summed E-state index contributed by atoms with van der Waals surface area (Å²) in [6.45, 7) is 3.74. The summed E-state index contributed by atoms with van der Waals surface area (Å²) in [7, 11) is 0. The predicted molar refractivity (Wildman–Crippen MR) is 117 cm³/mol. The van der Waals surface area contributed by atoms with Crippen LogP contribution in [-0.2, 0) is 11.2 Å². The number of benzene rings is 1. The lowest BCUT2D eigenvalue weighted by atomic mass is 9.90. The average Bonchev–Trinajstić information content (AvgIpc) is 3.20. The quantitative estimate of drug-likeness (QED) is 0.604. The first kappa shape index (κ1) is 20.3. The molecule has 2 fully saturated rings. The summed E-state index contributed by atoms with van der Waals surface area (Å²) in [5.74, 6) is 0.672. The molecule has 4 rings (SSSR count). The largest absolute Gasteiger partial charge is 0.389 e. The minimum absolute atomic E-state index is 0.0647. The fourth-order valence-electron chi connectivity index (χ4n) is 4.10. The number of carbonyl (C=O) groups excluding carboxylic acids is 1. The minimum atomic E-state index is -0.364. The summed E-state index contributed by atoms with van der Waals surface area (Å²) < 4.78 is 0. The number of hydrazine groups is 1. The van der Waals surface area contributed by atoms with Crippen molar-refractivity contribution in [3.8, 4) is 10.4 Å². The Morgan fingerprint density at radius 1 is 1.28 bits per heavy atom. The molecule has 6 nitrogen and oxygen atoms in total. The van der Waals surface area contributed by atoms with Crippen LogP contribution in [0, 0.1) is 0 Å². The van der Waals surface area contributed by atoms with E-state index in [2.05, 4.69) is 16.9 Å². The van der Waals surface area contributed by atoms with Crippen LogP contribution in [-0.4, -0.2) is 46.6 Å². The highest BCUT2D eigenvalue weighted by atomic mass is 32.1. The fraction of sp³-hybridized carbons (Fsp3) is 0.545. The maximum atomic E-state index is 12.4. The van der Waals surface area contributed by atoms with Crippen LogP contribution in [0.1, 0.15) is 55.5 Å². The van der Waals surface area contributed by atoms with E-state index in [1.165, 1.54) is 37.1 Å². The standard InChI is InChI=1S/C22H30N4O2S/c1-2-24-25-19-10-15(11-21(28)26-13-17(27)14-26)8-9-18(19)20-12-23-22(29-20)16-6-4-3-5-7-16/h8-10,12,16-17,24-25,27H,2-7,11,13-14H2,1H3. The number of thiazole rings is 1. The average molecular weight is 415 g/mol. The van der Waals surface area contributed by atoms with Crippen molar-refractivity contribution >= 4 is 22.9 Å². The smallest absolute Gasteiger partial charge is 0.227 e. The molecule has 1 aromatic carbocycles. The van der Waals surface area contributed by atoms with Crippen LogP contribution < -0.4 is 10.9 Å². The second-order valence-electron chi connectivity index (χ2n) is 8.06. The van der Waals surface area contributed by atoms with Crippen LogP contribution in [0.15, 0.2) is 24.4 Å². The molecule has 1 saturated heterocycles. The molecule has 1 amide bonds. The van der Waals surface area contributed by atoms with Crippen LogP contribution in [0.3, 0.4) is 0 Å². The number of nitrogens with zero attached hydrogens (tertiary/aromatic N) is 2. The first-order valence-electron chi connectivity index (χ1n) is 10.7. The van der Waals surface area contributed by atoms with E-state index in [0.717, 1.165) is 28.2 Å². The molecule has 29 heavy (non-hydrogen) atoms. The van der Waals surface area contributed by atoms with Gasteiger partial charge in [-0.05, 0) is 24.5 Å². The lowest BCUT2D eigenvalue weighted by Crippen LogP contribution is -2.53. The number of hydrogen-bond donors (Lipinski definition) is 3. The molecule has 2 heterocycles. The number of β-amino-alcohol motifs (C(OH)–C–C–N with tert-alkyl or cyclic N) is 1. The zero-order valence-corrected chi connectivity index (χ0v) is 17.8. The van der Waals surface area contributed by atoms with E-state index >= 15 is 0 Å². The van der Waals surface area contributed by atoms with Crippen molar-refractivity contribution in [3.05, 3.63) is 35.0 Å². The van der Waals surface area contributed by atoms with Gasteiger partial charge in [0.1, 0.15) is 0 Å². The van der Waals surface area contributed by atoms with E-state index in [-0.39, 0.29) is 12.0 Å². The molecule has 0 unspecified atom stereocenters. The normalized spacial score (nSPS) is 17.9. The number of aliphatic hydroxyl groups is 1. The molecule has 2 aliphatic rings. The molecule has 0 radical (unpaired) electrons. The molecule has 1 aliphatic heterocycles. The molecule has 1 saturated carbocycles. The third-order valence-electron chi connectivity index (χ3n) is 5.80. The molecular weight excluding hydrogens is 384 g/mol. The van der Waals surface area contributed by atoms with Crippen LogP contribution in [0.4, 0.5) is 5.69 Å². The summed E-state index contributed by atoms with van der Waals surface area (Å²) in [4.78, 5) is 20.0. The molecule has 0 spiro atoms. The van der Waals surface area contributed by atoms with Crippen molar-refractivity contribution in [3.63, 3.8) is 0 Å². The SMILES string of the molecule is CCNNc1cc(CC(=O)N2CC(O)C2)ccc1-c1cnc(C2CCCCC2)s1. The number of amides is 1. The number of likely N-dealkylation sites (tertiary alicyclic amines) is 1. The maximum Gasteiger partial charge on any atom is 0.227 e. The van der Waals surface area contributed by atoms with Crippen LogP contribution in [0.25, 0.3) is 10.4 Å². The Kier molecular flexibility index (Phi) is 6.47. The van der Waals surface area contributed by atoms with E-state index in [1.807, 2.05) is 25.3 Å². The van der Waals surface area contributed by atoms with Gasteiger partial charge in [-0.1, -0.05) is 38.3 Å². The van der Waals surface area contributed by atoms with Gasteiger partial charge in [0.2, 0.25) is 5.91 Å². The molecule has 7 heteroatoms. The third kappa shape index (κ3) is 4.79. The van der Waals surface area contributed by atoms with E-state index < -0.39 is 0 Å². The summed E-state index contributed by atoms with van der Waals surface area (Å²) in [5, 5.41) is 10.7. The molecule has 0 atom stereocenters. The molecule has 3 N–H and O–H groups in total. The minimum Gasteiger partial charge on any atom is -0.389 e. The van der Waals surface area contributed by atoms with Crippen LogP contribution in [0.2, 0.25) is 0 Å². The molecule has 156 valence electrons. The van der Waals surface area contributed by atoms with Gasteiger partial charge in [0.05, 0.1) is 28.1 Å². The van der Waals surface area contributed by atoms with Gasteiger partial charge in [-0.25, -0.2) is 10.4 Å². The molecular formula is C22H30N4O2S. The van der Waals surface area contributed by atoms with Crippen molar-refractivity contribution in [1.82, 2.24) is 15.3 Å². The lowest BCUT2D eigenvalue weighted by molar-refractivity contribution is -0.140. The Balaban J connectivity index is 1.52. The van der Waals surface area contributed by atoms with Crippen LogP contribution >= 0.6 is 11.3 Å². The number of aromatic nitrogens is 1. The number of nitrogens with one attached hydrogen (secondary N) is 2. The van der Waals surface area contributed by atoms with Gasteiger partial charge in [0, 0.05) is 37.3 Å². The monoisotopic (exact) mass is 414 g/mol. The Bertz CT molecular complexity index is 841. The van der Waals surface area contributed by atoms with E-state index in [1.54, 1.807) is 16.2 Å². The Morgan fingerprint density at radius 3 is 2.79 bits per heavy atom. The van der Waals surface area contributed by atoms with E-state index in [9.17, 15) is 9.90 Å². The van der Waals surface area contributed by atoms with Gasteiger partial charge in [0.15, 0.2) is 0 Å². The Hall–Kier alpha value is -1.96. The molecule has 1 aliphatic carbocycles. The lowest BCUT2D eigenvalue weighted by Gasteiger charge is -2.36. The van der Waals surface area contributed by atoms with Gasteiger partial charge < -0.3 is 15.4 Å². The highest BCUT2D eigenvalue weighted by Gasteiger charge is 2.28. The third-order valence-corrected chi connectivity index (χ3v) is 6.99. The Labute approximate surface area is 176 Å². The van der Waals surface area contributed by atoms with E-state index in [4.69, 9.17) is 4.98 Å². The number of rotatable bonds is 7. The number of aliphatic hydroxyl groups excluding tert-OH is 1. The number of carbonyl (C=O) groups is 1. The predicted octanol–water partition coefficient (Wildman–Crippen LogP) is 3.54. The number of hydrogen-bond acceptors (Lipinski definition) is 6. The summed E-state index contributed by atoms with van der Waals surface area (Å²) in [6.07, 6.45) is 8.45. The second kappa shape index (κ2) is 9.24. The molecule has 2 aromatic rings. The molecule has 0 bridgehead atoms. The van der Waals surface area contributed by atoms with E-state index in [0.29, 0.717) is 25.4 Å². The van der Waals surface area contributed by atoms with Gasteiger partial charge >= 0.3 is 0 Å². The first-order valence-corrected chi connectivity index (χ1v) is 11.5. The van der Waals surface area contributed by atoms with Gasteiger partial charge in [0.25, 0.3) is 0 Å². The van der Waals surface area contributed by atoms with Gasteiger partial charge in [-0.15, -0.1) is 11.3 Å².